The molecule has 1 saturated heterocycles. The highest BCUT2D eigenvalue weighted by molar-refractivity contribution is 9.10. The SMILES string of the molecule is Brc1ccc(C2N[C@H](c3ccccc3)CO2)cc1. The first kappa shape index (κ1) is 11.9. The first-order valence-corrected chi connectivity index (χ1v) is 6.80. The summed E-state index contributed by atoms with van der Waals surface area (Å²) < 4.78 is 6.91. The highest BCUT2D eigenvalue weighted by atomic mass is 79.9. The van der Waals surface area contributed by atoms with Gasteiger partial charge in [-0.2, -0.15) is 0 Å². The molecular formula is C15H14BrNO. The maximum Gasteiger partial charge on any atom is 0.134 e. The van der Waals surface area contributed by atoms with Crippen LogP contribution in [0.4, 0.5) is 0 Å². The normalized spacial score (nSPS) is 23.2. The van der Waals surface area contributed by atoms with Gasteiger partial charge in [0.05, 0.1) is 12.6 Å². The average Bonchev–Trinajstić information content (AvgIpc) is 2.90. The van der Waals surface area contributed by atoms with Gasteiger partial charge >= 0.3 is 0 Å². The van der Waals surface area contributed by atoms with Crippen molar-refractivity contribution < 1.29 is 4.74 Å². The van der Waals surface area contributed by atoms with Crippen molar-refractivity contribution in [1.29, 1.82) is 0 Å². The molecule has 0 spiro atoms. The lowest BCUT2D eigenvalue weighted by Crippen LogP contribution is -2.18. The predicted octanol–water partition coefficient (Wildman–Crippen LogP) is 3.81. The monoisotopic (exact) mass is 303 g/mol. The zero-order chi connectivity index (χ0) is 12.4. The van der Waals surface area contributed by atoms with Crippen LogP contribution in [0.3, 0.4) is 0 Å². The fourth-order valence-electron chi connectivity index (χ4n) is 2.18. The maximum atomic E-state index is 5.82. The molecule has 1 heterocycles. The summed E-state index contributed by atoms with van der Waals surface area (Å²) in [6, 6.07) is 18.9. The van der Waals surface area contributed by atoms with Gasteiger partial charge in [0.1, 0.15) is 6.23 Å². The van der Waals surface area contributed by atoms with E-state index in [1.165, 1.54) is 5.56 Å². The lowest BCUT2D eigenvalue weighted by molar-refractivity contribution is 0.101. The van der Waals surface area contributed by atoms with Crippen molar-refractivity contribution >= 4 is 15.9 Å². The van der Waals surface area contributed by atoms with Crippen molar-refractivity contribution in [3.63, 3.8) is 0 Å². The van der Waals surface area contributed by atoms with Gasteiger partial charge in [0.2, 0.25) is 0 Å². The molecule has 1 aliphatic heterocycles. The first-order valence-electron chi connectivity index (χ1n) is 6.01. The highest BCUT2D eigenvalue weighted by Gasteiger charge is 2.26. The molecule has 3 rings (SSSR count). The zero-order valence-electron chi connectivity index (χ0n) is 9.84. The van der Waals surface area contributed by atoms with Crippen LogP contribution in [0.1, 0.15) is 23.4 Å². The van der Waals surface area contributed by atoms with E-state index in [2.05, 4.69) is 57.6 Å². The molecule has 2 aromatic carbocycles. The molecule has 0 aromatic heterocycles. The van der Waals surface area contributed by atoms with Gasteiger partial charge in [0.25, 0.3) is 0 Å². The van der Waals surface area contributed by atoms with E-state index in [4.69, 9.17) is 4.74 Å². The van der Waals surface area contributed by atoms with Gasteiger partial charge in [-0.05, 0) is 23.3 Å². The van der Waals surface area contributed by atoms with E-state index < -0.39 is 0 Å². The second-order valence-corrected chi connectivity index (χ2v) is 5.31. The summed E-state index contributed by atoms with van der Waals surface area (Å²) in [5.74, 6) is 0. The minimum Gasteiger partial charge on any atom is -0.357 e. The van der Waals surface area contributed by atoms with Crippen LogP contribution in [-0.2, 0) is 4.74 Å². The van der Waals surface area contributed by atoms with E-state index in [1.54, 1.807) is 0 Å². The zero-order valence-corrected chi connectivity index (χ0v) is 11.4. The number of nitrogens with one attached hydrogen (secondary N) is 1. The van der Waals surface area contributed by atoms with Crippen molar-refractivity contribution in [3.8, 4) is 0 Å². The summed E-state index contributed by atoms with van der Waals surface area (Å²) in [5, 5.41) is 3.51. The van der Waals surface area contributed by atoms with Gasteiger partial charge in [-0.1, -0.05) is 58.4 Å². The van der Waals surface area contributed by atoms with Gasteiger partial charge < -0.3 is 4.74 Å². The molecule has 1 unspecified atom stereocenters. The van der Waals surface area contributed by atoms with Crippen LogP contribution in [0.15, 0.2) is 59.1 Å². The second-order valence-electron chi connectivity index (χ2n) is 4.39. The third-order valence-electron chi connectivity index (χ3n) is 3.16. The number of rotatable bonds is 2. The molecule has 1 fully saturated rings. The fraction of sp³-hybridized carbons (Fsp3) is 0.200. The molecule has 3 heteroatoms. The van der Waals surface area contributed by atoms with Crippen LogP contribution in [0, 0.1) is 0 Å². The molecule has 18 heavy (non-hydrogen) atoms. The van der Waals surface area contributed by atoms with E-state index >= 15 is 0 Å². The molecule has 2 aromatic rings. The standard InChI is InChI=1S/C15H14BrNO/c16-13-8-6-12(7-9-13)15-17-14(10-18-15)11-4-2-1-3-5-11/h1-9,14-15,17H,10H2/t14-,15?/m0/s1. The van der Waals surface area contributed by atoms with Crippen LogP contribution in [-0.4, -0.2) is 6.61 Å². The topological polar surface area (TPSA) is 21.3 Å². The Kier molecular flexibility index (Phi) is 3.46. The van der Waals surface area contributed by atoms with Crippen molar-refractivity contribution in [3.05, 3.63) is 70.2 Å². The minimum absolute atomic E-state index is 0.0108. The van der Waals surface area contributed by atoms with Crippen molar-refractivity contribution in [2.75, 3.05) is 6.61 Å². The molecule has 1 aliphatic rings. The first-order chi connectivity index (χ1) is 8.83. The summed E-state index contributed by atoms with van der Waals surface area (Å²) in [4.78, 5) is 0. The van der Waals surface area contributed by atoms with Gasteiger partial charge in [-0.25, -0.2) is 0 Å². The summed E-state index contributed by atoms with van der Waals surface area (Å²) in [5.41, 5.74) is 2.44. The summed E-state index contributed by atoms with van der Waals surface area (Å²) in [7, 11) is 0. The van der Waals surface area contributed by atoms with E-state index in [0.29, 0.717) is 6.61 Å². The van der Waals surface area contributed by atoms with Crippen LogP contribution in [0.2, 0.25) is 0 Å². The van der Waals surface area contributed by atoms with Crippen molar-refractivity contribution in [2.24, 2.45) is 0 Å². The molecule has 0 aliphatic carbocycles. The quantitative estimate of drug-likeness (QED) is 0.911. The van der Waals surface area contributed by atoms with Gasteiger partial charge in [0.15, 0.2) is 0 Å². The number of ether oxygens (including phenoxy) is 1. The molecule has 0 bridgehead atoms. The smallest absolute Gasteiger partial charge is 0.134 e. The van der Waals surface area contributed by atoms with E-state index in [9.17, 15) is 0 Å². The summed E-state index contributed by atoms with van der Waals surface area (Å²) in [6.07, 6.45) is -0.0108. The lowest BCUT2D eigenvalue weighted by Gasteiger charge is -2.12. The van der Waals surface area contributed by atoms with Gasteiger partial charge in [-0.15, -0.1) is 0 Å². The van der Waals surface area contributed by atoms with Crippen molar-refractivity contribution in [2.45, 2.75) is 12.3 Å². The van der Waals surface area contributed by atoms with Crippen LogP contribution in [0.5, 0.6) is 0 Å². The minimum atomic E-state index is -0.0108. The van der Waals surface area contributed by atoms with E-state index in [1.807, 2.05) is 18.2 Å². The molecule has 2 nitrogen and oxygen atoms in total. The van der Waals surface area contributed by atoms with Crippen molar-refractivity contribution in [1.82, 2.24) is 5.32 Å². The Hall–Kier alpha value is -1.16. The Balaban J connectivity index is 1.74. The molecule has 0 saturated carbocycles. The Bertz CT molecular complexity index is 512. The number of hydrogen-bond donors (Lipinski definition) is 1. The molecule has 0 amide bonds. The Labute approximate surface area is 115 Å². The number of benzene rings is 2. The maximum absolute atomic E-state index is 5.82. The van der Waals surface area contributed by atoms with E-state index in [0.717, 1.165) is 10.0 Å². The Morgan fingerprint density at radius 3 is 2.39 bits per heavy atom. The van der Waals surface area contributed by atoms with E-state index in [-0.39, 0.29) is 12.3 Å². The molecular weight excluding hydrogens is 290 g/mol. The fourth-order valence-corrected chi connectivity index (χ4v) is 2.44. The Morgan fingerprint density at radius 2 is 1.67 bits per heavy atom. The summed E-state index contributed by atoms with van der Waals surface area (Å²) in [6.45, 7) is 0.713. The third kappa shape index (κ3) is 2.48. The molecule has 2 atom stereocenters. The lowest BCUT2D eigenvalue weighted by atomic mass is 10.1. The number of hydrogen-bond acceptors (Lipinski definition) is 2. The average molecular weight is 304 g/mol. The summed E-state index contributed by atoms with van der Waals surface area (Å²) >= 11 is 3.44. The third-order valence-corrected chi connectivity index (χ3v) is 3.69. The Morgan fingerprint density at radius 1 is 0.944 bits per heavy atom. The van der Waals surface area contributed by atoms with Crippen LogP contribution < -0.4 is 5.32 Å². The highest BCUT2D eigenvalue weighted by Crippen LogP contribution is 2.28. The van der Waals surface area contributed by atoms with Crippen LogP contribution >= 0.6 is 15.9 Å². The second kappa shape index (κ2) is 5.22. The number of halogens is 1. The molecule has 92 valence electrons. The molecule has 0 radical (unpaired) electrons. The van der Waals surface area contributed by atoms with Gasteiger partial charge in [0, 0.05) is 4.47 Å². The van der Waals surface area contributed by atoms with Gasteiger partial charge in [-0.3, -0.25) is 5.32 Å². The predicted molar refractivity (Wildman–Crippen MR) is 75.2 cm³/mol. The largest absolute Gasteiger partial charge is 0.357 e. The molecule has 1 N–H and O–H groups in total. The van der Waals surface area contributed by atoms with Crippen LogP contribution in [0.25, 0.3) is 0 Å².